The Morgan fingerprint density at radius 2 is 2.12 bits per heavy atom. The molecule has 0 spiro atoms. The average molecular weight is 333 g/mol. The van der Waals surface area contributed by atoms with Gasteiger partial charge in [-0.05, 0) is 56.2 Å². The van der Waals surface area contributed by atoms with Crippen LogP contribution in [0, 0.1) is 12.8 Å². The monoisotopic (exact) mass is 333 g/mol. The van der Waals surface area contributed by atoms with Gasteiger partial charge in [-0.25, -0.2) is 4.79 Å². The Labute approximate surface area is 143 Å². The minimum atomic E-state index is -0.891. The number of amides is 1. The third-order valence-corrected chi connectivity index (χ3v) is 4.51. The second-order valence-electron chi connectivity index (χ2n) is 6.69. The van der Waals surface area contributed by atoms with E-state index in [1.54, 1.807) is 4.90 Å². The van der Waals surface area contributed by atoms with E-state index in [0.717, 1.165) is 24.2 Å². The number of carboxylic acid groups (broad SMARTS) is 1. The summed E-state index contributed by atoms with van der Waals surface area (Å²) in [5.74, 6) is 0.262. The number of carbonyl (C=O) groups is 2. The average Bonchev–Trinajstić information content (AvgIpc) is 2.54. The van der Waals surface area contributed by atoms with Crippen LogP contribution in [0.5, 0.6) is 5.75 Å². The molecule has 1 fully saturated rings. The zero-order chi connectivity index (χ0) is 17.5. The van der Waals surface area contributed by atoms with E-state index in [0.29, 0.717) is 38.3 Å². The Bertz CT molecular complexity index is 572. The van der Waals surface area contributed by atoms with Crippen molar-refractivity contribution in [2.45, 2.75) is 52.0 Å². The molecule has 1 heterocycles. The fourth-order valence-corrected chi connectivity index (χ4v) is 3.09. The Kier molecular flexibility index (Phi) is 6.64. The third kappa shape index (κ3) is 5.25. The number of aliphatic carboxylic acids is 1. The summed E-state index contributed by atoms with van der Waals surface area (Å²) in [5, 5.41) is 9.32. The number of aryl methyl sites for hydroxylation is 1. The first kappa shape index (κ1) is 18.3. The molecule has 1 aliphatic heterocycles. The molecule has 5 nitrogen and oxygen atoms in total. The summed E-state index contributed by atoms with van der Waals surface area (Å²) in [6.07, 6.45) is 3.31. The van der Waals surface area contributed by atoms with E-state index in [1.807, 2.05) is 38.1 Å². The van der Waals surface area contributed by atoms with Crippen molar-refractivity contribution in [1.82, 2.24) is 4.90 Å². The van der Waals surface area contributed by atoms with Gasteiger partial charge in [0.25, 0.3) is 0 Å². The largest absolute Gasteiger partial charge is 0.494 e. The van der Waals surface area contributed by atoms with E-state index >= 15 is 0 Å². The molecule has 0 bridgehead atoms. The number of benzene rings is 1. The fourth-order valence-electron chi connectivity index (χ4n) is 3.09. The molecule has 2 atom stereocenters. The Morgan fingerprint density at radius 1 is 1.33 bits per heavy atom. The van der Waals surface area contributed by atoms with Crippen molar-refractivity contribution >= 4 is 11.9 Å². The predicted octanol–water partition coefficient (Wildman–Crippen LogP) is 3.26. The van der Waals surface area contributed by atoms with Crippen LogP contribution in [0.4, 0.5) is 0 Å². The lowest BCUT2D eigenvalue weighted by molar-refractivity contribution is -0.153. The highest BCUT2D eigenvalue weighted by atomic mass is 16.5. The quantitative estimate of drug-likeness (QED) is 0.778. The summed E-state index contributed by atoms with van der Waals surface area (Å²) in [6, 6.07) is 7.22. The Hall–Kier alpha value is -2.04. The van der Waals surface area contributed by atoms with Gasteiger partial charge in [-0.3, -0.25) is 4.79 Å². The molecule has 2 rings (SSSR count). The van der Waals surface area contributed by atoms with E-state index in [1.165, 1.54) is 0 Å². The van der Waals surface area contributed by atoms with Crippen molar-refractivity contribution in [2.75, 3.05) is 13.2 Å². The highest BCUT2D eigenvalue weighted by Gasteiger charge is 2.34. The number of rotatable bonds is 7. The zero-order valence-electron chi connectivity index (χ0n) is 14.5. The first-order valence-electron chi connectivity index (χ1n) is 8.69. The Morgan fingerprint density at radius 3 is 2.83 bits per heavy atom. The van der Waals surface area contributed by atoms with Gasteiger partial charge in [-0.1, -0.05) is 19.1 Å². The lowest BCUT2D eigenvalue weighted by Crippen LogP contribution is -2.49. The van der Waals surface area contributed by atoms with Crippen molar-refractivity contribution in [1.29, 1.82) is 0 Å². The van der Waals surface area contributed by atoms with Crippen molar-refractivity contribution in [3.05, 3.63) is 29.8 Å². The van der Waals surface area contributed by atoms with Gasteiger partial charge in [0.15, 0.2) is 0 Å². The van der Waals surface area contributed by atoms with Gasteiger partial charge in [-0.2, -0.15) is 0 Å². The van der Waals surface area contributed by atoms with Gasteiger partial charge in [0.05, 0.1) is 6.61 Å². The minimum absolute atomic E-state index is 0.0511. The number of ether oxygens (including phenoxy) is 1. The molecule has 0 radical (unpaired) electrons. The number of hydrogen-bond acceptors (Lipinski definition) is 3. The molecule has 1 aliphatic rings. The van der Waals surface area contributed by atoms with Crippen LogP contribution in [-0.2, 0) is 9.59 Å². The number of unbranched alkanes of at least 4 members (excludes halogenated alkanes) is 1. The molecule has 1 aromatic carbocycles. The summed E-state index contributed by atoms with van der Waals surface area (Å²) < 4.78 is 5.67. The predicted molar refractivity (Wildman–Crippen MR) is 92.1 cm³/mol. The summed E-state index contributed by atoms with van der Waals surface area (Å²) >= 11 is 0. The standard InChI is InChI=1S/C19H27NO4/c1-14-6-5-7-16(12-14)24-11-4-3-8-18(21)20-10-9-15(2)13-17(20)19(22)23/h5-7,12,15,17H,3-4,8-11,13H2,1-2H3,(H,22,23). The maximum atomic E-state index is 12.3. The van der Waals surface area contributed by atoms with Crippen LogP contribution in [0.25, 0.3) is 0 Å². The molecule has 0 aromatic heterocycles. The van der Waals surface area contributed by atoms with Crippen LogP contribution >= 0.6 is 0 Å². The van der Waals surface area contributed by atoms with Crippen LogP contribution < -0.4 is 4.74 Å². The van der Waals surface area contributed by atoms with Crippen LogP contribution in [0.2, 0.25) is 0 Å². The van der Waals surface area contributed by atoms with E-state index in [2.05, 4.69) is 0 Å². The van der Waals surface area contributed by atoms with Crippen molar-refractivity contribution in [3.63, 3.8) is 0 Å². The third-order valence-electron chi connectivity index (χ3n) is 4.51. The van der Waals surface area contributed by atoms with Crippen molar-refractivity contribution in [3.8, 4) is 5.75 Å². The molecule has 24 heavy (non-hydrogen) atoms. The second-order valence-corrected chi connectivity index (χ2v) is 6.69. The molecular formula is C19H27NO4. The molecule has 2 unspecified atom stereocenters. The number of likely N-dealkylation sites (tertiary alicyclic amines) is 1. The highest BCUT2D eigenvalue weighted by molar-refractivity contribution is 5.83. The molecule has 1 N–H and O–H groups in total. The van der Waals surface area contributed by atoms with Crippen LogP contribution in [0.1, 0.15) is 44.6 Å². The molecule has 1 aromatic rings. The molecule has 1 saturated heterocycles. The van der Waals surface area contributed by atoms with Crippen LogP contribution in [0.3, 0.4) is 0 Å². The smallest absolute Gasteiger partial charge is 0.326 e. The molecular weight excluding hydrogens is 306 g/mol. The highest BCUT2D eigenvalue weighted by Crippen LogP contribution is 2.23. The minimum Gasteiger partial charge on any atom is -0.494 e. The summed E-state index contributed by atoms with van der Waals surface area (Å²) in [6.45, 7) is 5.18. The topological polar surface area (TPSA) is 66.8 Å². The van der Waals surface area contributed by atoms with Crippen LogP contribution in [-0.4, -0.2) is 41.1 Å². The van der Waals surface area contributed by atoms with Crippen LogP contribution in [0.15, 0.2) is 24.3 Å². The fraction of sp³-hybridized carbons (Fsp3) is 0.579. The number of hydrogen-bond donors (Lipinski definition) is 1. The van der Waals surface area contributed by atoms with E-state index in [-0.39, 0.29) is 5.91 Å². The molecule has 1 amide bonds. The van der Waals surface area contributed by atoms with Gasteiger partial charge in [0.2, 0.25) is 5.91 Å². The lowest BCUT2D eigenvalue weighted by Gasteiger charge is -2.36. The SMILES string of the molecule is Cc1cccc(OCCCCC(=O)N2CCC(C)CC2C(=O)O)c1. The first-order valence-corrected chi connectivity index (χ1v) is 8.69. The van der Waals surface area contributed by atoms with Gasteiger partial charge < -0.3 is 14.7 Å². The van der Waals surface area contributed by atoms with Crippen molar-refractivity contribution < 1.29 is 19.4 Å². The maximum absolute atomic E-state index is 12.3. The van der Waals surface area contributed by atoms with Gasteiger partial charge in [-0.15, -0.1) is 0 Å². The first-order chi connectivity index (χ1) is 11.5. The molecule has 132 valence electrons. The summed E-state index contributed by atoms with van der Waals surface area (Å²) in [5.41, 5.74) is 1.15. The summed E-state index contributed by atoms with van der Waals surface area (Å²) in [4.78, 5) is 25.2. The molecule has 0 aliphatic carbocycles. The van der Waals surface area contributed by atoms with Gasteiger partial charge in [0, 0.05) is 13.0 Å². The van der Waals surface area contributed by atoms with E-state index < -0.39 is 12.0 Å². The number of piperidine rings is 1. The Balaban J connectivity index is 1.71. The second kappa shape index (κ2) is 8.71. The number of carboxylic acids is 1. The van der Waals surface area contributed by atoms with Gasteiger partial charge in [0.1, 0.15) is 11.8 Å². The molecule has 0 saturated carbocycles. The number of nitrogens with zero attached hydrogens (tertiary/aromatic N) is 1. The summed E-state index contributed by atoms with van der Waals surface area (Å²) in [7, 11) is 0. The maximum Gasteiger partial charge on any atom is 0.326 e. The molecule has 5 heteroatoms. The van der Waals surface area contributed by atoms with E-state index in [9.17, 15) is 14.7 Å². The van der Waals surface area contributed by atoms with Gasteiger partial charge >= 0.3 is 5.97 Å². The van der Waals surface area contributed by atoms with E-state index in [4.69, 9.17) is 4.74 Å². The normalized spacial score (nSPS) is 20.7. The lowest BCUT2D eigenvalue weighted by atomic mass is 9.92. The van der Waals surface area contributed by atoms with Crippen molar-refractivity contribution in [2.24, 2.45) is 5.92 Å². The zero-order valence-corrected chi connectivity index (χ0v) is 14.5. The number of carbonyl (C=O) groups excluding carboxylic acids is 1.